The number of primary amides is 1. The van der Waals surface area contributed by atoms with Gasteiger partial charge in [-0.15, -0.1) is 0 Å². The van der Waals surface area contributed by atoms with E-state index >= 15 is 0 Å². The molecule has 16 heavy (non-hydrogen) atoms. The average molecular weight is 221 g/mol. The molecule has 1 atom stereocenters. The van der Waals surface area contributed by atoms with Gasteiger partial charge in [-0.1, -0.05) is 6.07 Å². The summed E-state index contributed by atoms with van der Waals surface area (Å²) in [6.07, 6.45) is 1.98. The van der Waals surface area contributed by atoms with Crippen LogP contribution < -0.4 is 10.5 Å². The highest BCUT2D eigenvalue weighted by Gasteiger charge is 2.39. The number of benzene rings is 1. The molecule has 1 aromatic carbocycles. The van der Waals surface area contributed by atoms with Crippen LogP contribution in [0.3, 0.4) is 0 Å². The molecule has 0 spiro atoms. The Morgan fingerprint density at radius 2 is 2.31 bits per heavy atom. The first-order chi connectivity index (χ1) is 7.58. The number of carbonyl (C=O) groups excluding carboxylic acids is 1. The second kappa shape index (κ2) is 3.79. The molecule has 1 aliphatic carbocycles. The van der Waals surface area contributed by atoms with Crippen LogP contribution in [0.1, 0.15) is 24.0 Å². The number of ether oxygens (including phenoxy) is 1. The zero-order valence-electron chi connectivity index (χ0n) is 9.19. The molecule has 3 N–H and O–H groups in total. The molecule has 0 saturated heterocycles. The molecule has 0 saturated carbocycles. The first kappa shape index (κ1) is 11.0. The van der Waals surface area contributed by atoms with Crippen LogP contribution in [0.25, 0.3) is 0 Å². The molecule has 1 aliphatic rings. The smallest absolute Gasteiger partial charge is 0.254 e. The van der Waals surface area contributed by atoms with E-state index in [-0.39, 0.29) is 0 Å². The van der Waals surface area contributed by atoms with Crippen molar-refractivity contribution >= 4 is 5.91 Å². The lowest BCUT2D eigenvalue weighted by molar-refractivity contribution is -0.138. The minimum absolute atomic E-state index is 0.391. The van der Waals surface area contributed by atoms with Crippen LogP contribution in [0.4, 0.5) is 0 Å². The van der Waals surface area contributed by atoms with Gasteiger partial charge in [0.2, 0.25) is 0 Å². The lowest BCUT2D eigenvalue weighted by atomic mass is 9.78. The topological polar surface area (TPSA) is 72.6 Å². The molecule has 4 nitrogen and oxygen atoms in total. The zero-order chi connectivity index (χ0) is 11.8. The van der Waals surface area contributed by atoms with Crippen molar-refractivity contribution in [3.05, 3.63) is 29.3 Å². The third-order valence-corrected chi connectivity index (χ3v) is 3.15. The van der Waals surface area contributed by atoms with Crippen molar-refractivity contribution in [1.82, 2.24) is 0 Å². The number of aryl methyl sites for hydroxylation is 1. The molecule has 86 valence electrons. The van der Waals surface area contributed by atoms with Crippen LogP contribution in [0, 0.1) is 0 Å². The summed E-state index contributed by atoms with van der Waals surface area (Å²) in [5.41, 5.74) is 5.31. The Labute approximate surface area is 94.0 Å². The standard InChI is InChI=1S/C12H15NO3/c1-16-9-4-5-10-8(7-9)3-2-6-12(10,15)11(13)14/h4-5,7,15H,2-3,6H2,1H3,(H2,13,14). The molecule has 0 heterocycles. The van der Waals surface area contributed by atoms with Crippen LogP contribution >= 0.6 is 0 Å². The van der Waals surface area contributed by atoms with Gasteiger partial charge in [-0.2, -0.15) is 0 Å². The van der Waals surface area contributed by atoms with Crippen molar-refractivity contribution in [1.29, 1.82) is 0 Å². The highest BCUT2D eigenvalue weighted by atomic mass is 16.5. The van der Waals surface area contributed by atoms with E-state index in [1.807, 2.05) is 6.07 Å². The van der Waals surface area contributed by atoms with E-state index in [1.54, 1.807) is 19.2 Å². The van der Waals surface area contributed by atoms with Crippen LogP contribution in [0.2, 0.25) is 0 Å². The monoisotopic (exact) mass is 221 g/mol. The number of carbonyl (C=O) groups is 1. The number of nitrogens with two attached hydrogens (primary N) is 1. The highest BCUT2D eigenvalue weighted by molar-refractivity contribution is 5.85. The molecule has 0 fully saturated rings. The minimum Gasteiger partial charge on any atom is -0.497 e. The molecule has 1 amide bonds. The van der Waals surface area contributed by atoms with E-state index in [1.165, 1.54) is 0 Å². The third-order valence-electron chi connectivity index (χ3n) is 3.15. The number of rotatable bonds is 2. The van der Waals surface area contributed by atoms with Crippen LogP contribution in [0.15, 0.2) is 18.2 Å². The molecule has 2 rings (SSSR count). The molecule has 4 heteroatoms. The number of aliphatic hydroxyl groups is 1. The number of amides is 1. The van der Waals surface area contributed by atoms with Gasteiger partial charge in [0.1, 0.15) is 5.75 Å². The maximum atomic E-state index is 11.3. The highest BCUT2D eigenvalue weighted by Crippen LogP contribution is 2.36. The number of methoxy groups -OCH3 is 1. The predicted molar refractivity (Wildman–Crippen MR) is 59.0 cm³/mol. The lowest BCUT2D eigenvalue weighted by Crippen LogP contribution is -2.43. The molecule has 1 aromatic rings. The Morgan fingerprint density at radius 1 is 1.56 bits per heavy atom. The van der Waals surface area contributed by atoms with Gasteiger partial charge in [-0.05, 0) is 42.5 Å². The van der Waals surface area contributed by atoms with Crippen LogP contribution in [0.5, 0.6) is 5.75 Å². The first-order valence-electron chi connectivity index (χ1n) is 5.27. The fourth-order valence-corrected chi connectivity index (χ4v) is 2.23. The number of fused-ring (bicyclic) bond motifs is 1. The zero-order valence-corrected chi connectivity index (χ0v) is 9.19. The predicted octanol–water partition coefficient (Wildman–Crippen LogP) is 0.704. The summed E-state index contributed by atoms with van der Waals surface area (Å²) in [4.78, 5) is 11.3. The summed E-state index contributed by atoms with van der Waals surface area (Å²) in [5, 5.41) is 10.2. The van der Waals surface area contributed by atoms with Crippen molar-refractivity contribution in [3.8, 4) is 5.75 Å². The summed E-state index contributed by atoms with van der Waals surface area (Å²) in [7, 11) is 1.59. The van der Waals surface area contributed by atoms with Crippen molar-refractivity contribution < 1.29 is 14.6 Å². The SMILES string of the molecule is COc1ccc2c(c1)CCCC2(O)C(N)=O. The number of hydrogen-bond acceptors (Lipinski definition) is 3. The molecule has 0 bridgehead atoms. The fourth-order valence-electron chi connectivity index (χ4n) is 2.23. The Kier molecular flexibility index (Phi) is 2.59. The summed E-state index contributed by atoms with van der Waals surface area (Å²) < 4.78 is 5.11. The first-order valence-corrected chi connectivity index (χ1v) is 5.27. The average Bonchev–Trinajstić information content (AvgIpc) is 2.28. The summed E-state index contributed by atoms with van der Waals surface area (Å²) in [5.74, 6) is 0.0473. The van der Waals surface area contributed by atoms with Gasteiger partial charge in [-0.3, -0.25) is 4.79 Å². The van der Waals surface area contributed by atoms with Gasteiger partial charge in [0, 0.05) is 0 Å². The molecule has 0 aromatic heterocycles. The van der Waals surface area contributed by atoms with Crippen LogP contribution in [-0.4, -0.2) is 18.1 Å². The van der Waals surface area contributed by atoms with Gasteiger partial charge >= 0.3 is 0 Å². The van der Waals surface area contributed by atoms with Gasteiger partial charge in [0.25, 0.3) is 5.91 Å². The Bertz CT molecular complexity index is 430. The van der Waals surface area contributed by atoms with E-state index < -0.39 is 11.5 Å². The molecule has 0 aliphatic heterocycles. The van der Waals surface area contributed by atoms with Crippen molar-refractivity contribution in [3.63, 3.8) is 0 Å². The quantitative estimate of drug-likeness (QED) is 0.772. The molecule has 1 unspecified atom stereocenters. The minimum atomic E-state index is -1.51. The van der Waals surface area contributed by atoms with Gasteiger partial charge < -0.3 is 15.6 Å². The van der Waals surface area contributed by atoms with E-state index in [2.05, 4.69) is 0 Å². The van der Waals surface area contributed by atoms with Gasteiger partial charge in [-0.25, -0.2) is 0 Å². The maximum absolute atomic E-state index is 11.3. The summed E-state index contributed by atoms with van der Waals surface area (Å²) >= 11 is 0. The summed E-state index contributed by atoms with van der Waals surface area (Å²) in [6.45, 7) is 0. The van der Waals surface area contributed by atoms with Crippen molar-refractivity contribution in [2.75, 3.05) is 7.11 Å². The van der Waals surface area contributed by atoms with Crippen molar-refractivity contribution in [2.24, 2.45) is 5.73 Å². The Hall–Kier alpha value is -1.55. The fraction of sp³-hybridized carbons (Fsp3) is 0.417. The normalized spacial score (nSPS) is 23.6. The van der Waals surface area contributed by atoms with E-state index in [9.17, 15) is 9.90 Å². The lowest BCUT2D eigenvalue weighted by Gasteiger charge is -2.31. The largest absolute Gasteiger partial charge is 0.497 e. The Morgan fingerprint density at radius 3 is 2.94 bits per heavy atom. The molecule has 0 radical (unpaired) electrons. The van der Waals surface area contributed by atoms with Gasteiger partial charge in [0.15, 0.2) is 5.60 Å². The summed E-state index contributed by atoms with van der Waals surface area (Å²) in [6, 6.07) is 5.30. The van der Waals surface area contributed by atoms with E-state index in [4.69, 9.17) is 10.5 Å². The second-order valence-electron chi connectivity index (χ2n) is 4.10. The maximum Gasteiger partial charge on any atom is 0.254 e. The number of hydrogen-bond donors (Lipinski definition) is 2. The van der Waals surface area contributed by atoms with Gasteiger partial charge in [0.05, 0.1) is 7.11 Å². The van der Waals surface area contributed by atoms with Crippen molar-refractivity contribution in [2.45, 2.75) is 24.9 Å². The molecular weight excluding hydrogens is 206 g/mol. The second-order valence-corrected chi connectivity index (χ2v) is 4.10. The van der Waals surface area contributed by atoms with E-state index in [0.717, 1.165) is 24.2 Å². The third kappa shape index (κ3) is 1.55. The molecular formula is C12H15NO3. The van der Waals surface area contributed by atoms with Crippen LogP contribution in [-0.2, 0) is 16.8 Å². The Balaban J connectivity index is 2.51. The van der Waals surface area contributed by atoms with E-state index in [0.29, 0.717) is 12.0 Å².